The maximum Gasteiger partial charge on any atom is 0.274 e. The molecule has 1 aromatic rings. The largest absolute Gasteiger partial charge is 0.387 e. The minimum absolute atomic E-state index is 0.205. The van der Waals surface area contributed by atoms with Crippen LogP contribution in [0.3, 0.4) is 0 Å². The van der Waals surface area contributed by atoms with Gasteiger partial charge >= 0.3 is 0 Å². The van der Waals surface area contributed by atoms with Gasteiger partial charge in [0.15, 0.2) is 5.60 Å². The standard InChI is InChI=1S/C17H25N5O3/c1-22-15(9-13(20-22)12-3-7-24-8-4-12)19-16(23)14-10-17(25-21-14)5-2-6-18-11-17/h9,12,18H,2-8,10-11H2,1H3,(H,19,23). The Hall–Kier alpha value is -1.93. The van der Waals surface area contributed by atoms with Gasteiger partial charge in [0.05, 0.1) is 5.69 Å². The van der Waals surface area contributed by atoms with Gasteiger partial charge in [-0.1, -0.05) is 5.16 Å². The molecule has 1 unspecified atom stereocenters. The lowest BCUT2D eigenvalue weighted by Gasteiger charge is -2.30. The molecule has 0 aromatic carbocycles. The van der Waals surface area contributed by atoms with E-state index in [2.05, 4.69) is 20.9 Å². The average Bonchev–Trinajstić information content (AvgIpc) is 3.21. The van der Waals surface area contributed by atoms with Crippen LogP contribution in [0.2, 0.25) is 0 Å². The van der Waals surface area contributed by atoms with Crippen LogP contribution in [0.1, 0.15) is 43.7 Å². The summed E-state index contributed by atoms with van der Waals surface area (Å²) in [6, 6.07) is 1.96. The fraction of sp³-hybridized carbons (Fsp3) is 0.706. The Kier molecular flexibility index (Phi) is 4.47. The summed E-state index contributed by atoms with van der Waals surface area (Å²) in [5.74, 6) is 0.884. The number of nitrogens with zero attached hydrogens (tertiary/aromatic N) is 3. The molecule has 0 aliphatic carbocycles. The Morgan fingerprint density at radius 3 is 3.04 bits per heavy atom. The third-order valence-electron chi connectivity index (χ3n) is 5.31. The Labute approximate surface area is 146 Å². The Morgan fingerprint density at radius 1 is 1.44 bits per heavy atom. The fourth-order valence-corrected chi connectivity index (χ4v) is 3.80. The van der Waals surface area contributed by atoms with Crippen LogP contribution in [0.15, 0.2) is 11.2 Å². The molecule has 8 heteroatoms. The molecule has 4 heterocycles. The van der Waals surface area contributed by atoms with Crippen molar-refractivity contribution in [3.8, 4) is 0 Å². The van der Waals surface area contributed by atoms with E-state index in [4.69, 9.17) is 9.57 Å². The zero-order valence-electron chi connectivity index (χ0n) is 14.6. The smallest absolute Gasteiger partial charge is 0.274 e. The molecule has 1 atom stereocenters. The number of carbonyl (C=O) groups excluding carboxylic acids is 1. The molecule has 2 saturated heterocycles. The summed E-state index contributed by atoms with van der Waals surface area (Å²) in [4.78, 5) is 18.2. The van der Waals surface area contributed by atoms with Crippen molar-refractivity contribution in [2.75, 3.05) is 31.6 Å². The number of hydrogen-bond acceptors (Lipinski definition) is 6. The van der Waals surface area contributed by atoms with Gasteiger partial charge in [-0.3, -0.25) is 9.48 Å². The first kappa shape index (κ1) is 16.5. The van der Waals surface area contributed by atoms with Crippen LogP contribution in [-0.4, -0.2) is 53.3 Å². The second-order valence-electron chi connectivity index (χ2n) is 7.19. The molecule has 136 valence electrons. The lowest BCUT2D eigenvalue weighted by molar-refractivity contribution is -0.110. The third kappa shape index (κ3) is 3.41. The molecule has 3 aliphatic heterocycles. The first-order chi connectivity index (χ1) is 12.2. The molecule has 0 radical (unpaired) electrons. The van der Waals surface area contributed by atoms with E-state index in [-0.39, 0.29) is 11.5 Å². The van der Waals surface area contributed by atoms with Crippen LogP contribution >= 0.6 is 0 Å². The van der Waals surface area contributed by atoms with E-state index in [0.717, 1.165) is 57.7 Å². The molecule has 0 saturated carbocycles. The highest BCUT2D eigenvalue weighted by Crippen LogP contribution is 2.31. The van der Waals surface area contributed by atoms with Gasteiger partial charge in [-0.2, -0.15) is 5.10 Å². The van der Waals surface area contributed by atoms with Crippen LogP contribution in [-0.2, 0) is 21.4 Å². The Morgan fingerprint density at radius 2 is 2.28 bits per heavy atom. The Bertz CT molecular complexity index is 672. The molecule has 25 heavy (non-hydrogen) atoms. The number of hydrogen-bond donors (Lipinski definition) is 2. The van der Waals surface area contributed by atoms with Crippen LogP contribution < -0.4 is 10.6 Å². The maximum atomic E-state index is 12.6. The molecule has 1 amide bonds. The predicted molar refractivity (Wildman–Crippen MR) is 92.6 cm³/mol. The summed E-state index contributed by atoms with van der Waals surface area (Å²) in [7, 11) is 1.85. The van der Waals surface area contributed by atoms with E-state index >= 15 is 0 Å². The molecule has 2 fully saturated rings. The SMILES string of the molecule is Cn1nc(C2CCOCC2)cc1NC(=O)C1=NOC2(CCCNC2)C1. The summed E-state index contributed by atoms with van der Waals surface area (Å²) in [5, 5.41) is 14.9. The van der Waals surface area contributed by atoms with E-state index in [1.807, 2.05) is 13.1 Å². The number of aryl methyl sites for hydroxylation is 1. The molecule has 1 spiro atoms. The molecule has 4 rings (SSSR count). The summed E-state index contributed by atoms with van der Waals surface area (Å²) in [6.07, 6.45) is 4.47. The molecular weight excluding hydrogens is 322 g/mol. The molecule has 8 nitrogen and oxygen atoms in total. The summed E-state index contributed by atoms with van der Waals surface area (Å²) in [6.45, 7) is 3.28. The van der Waals surface area contributed by atoms with Crippen molar-refractivity contribution in [2.45, 2.75) is 43.6 Å². The maximum absolute atomic E-state index is 12.6. The molecule has 1 aromatic heterocycles. The lowest BCUT2D eigenvalue weighted by Crippen LogP contribution is -2.46. The van der Waals surface area contributed by atoms with Gasteiger partial charge in [0.2, 0.25) is 0 Å². The van der Waals surface area contributed by atoms with E-state index in [0.29, 0.717) is 23.9 Å². The van der Waals surface area contributed by atoms with E-state index < -0.39 is 0 Å². The third-order valence-corrected chi connectivity index (χ3v) is 5.31. The summed E-state index contributed by atoms with van der Waals surface area (Å²) < 4.78 is 7.13. The predicted octanol–water partition coefficient (Wildman–Crippen LogP) is 1.15. The van der Waals surface area contributed by atoms with E-state index in [1.165, 1.54) is 0 Å². The van der Waals surface area contributed by atoms with Gasteiger partial charge < -0.3 is 20.2 Å². The quantitative estimate of drug-likeness (QED) is 0.856. The zero-order valence-corrected chi connectivity index (χ0v) is 14.6. The van der Waals surface area contributed by atoms with Crippen molar-refractivity contribution >= 4 is 17.4 Å². The molecular formula is C17H25N5O3. The van der Waals surface area contributed by atoms with Gasteiger partial charge in [-0.25, -0.2) is 0 Å². The van der Waals surface area contributed by atoms with Crippen molar-refractivity contribution in [3.05, 3.63) is 11.8 Å². The fourth-order valence-electron chi connectivity index (χ4n) is 3.80. The van der Waals surface area contributed by atoms with Crippen LogP contribution in [0.5, 0.6) is 0 Å². The molecule has 0 bridgehead atoms. The zero-order chi connectivity index (χ0) is 17.3. The highest BCUT2D eigenvalue weighted by Gasteiger charge is 2.42. The molecule has 3 aliphatic rings. The van der Waals surface area contributed by atoms with Crippen molar-refractivity contribution in [1.29, 1.82) is 0 Å². The number of ether oxygens (including phenoxy) is 1. The second-order valence-corrected chi connectivity index (χ2v) is 7.19. The van der Waals surface area contributed by atoms with Gasteiger partial charge in [0, 0.05) is 45.2 Å². The van der Waals surface area contributed by atoms with Gasteiger partial charge in [-0.15, -0.1) is 0 Å². The summed E-state index contributed by atoms with van der Waals surface area (Å²) in [5.41, 5.74) is 1.13. The number of anilines is 1. The van der Waals surface area contributed by atoms with Gasteiger partial charge in [-0.05, 0) is 32.2 Å². The van der Waals surface area contributed by atoms with E-state index in [1.54, 1.807) is 4.68 Å². The summed E-state index contributed by atoms with van der Waals surface area (Å²) >= 11 is 0. The number of aromatic nitrogens is 2. The van der Waals surface area contributed by atoms with E-state index in [9.17, 15) is 4.79 Å². The monoisotopic (exact) mass is 347 g/mol. The van der Waals surface area contributed by atoms with Gasteiger partial charge in [0.25, 0.3) is 5.91 Å². The van der Waals surface area contributed by atoms with Crippen molar-refractivity contribution in [2.24, 2.45) is 12.2 Å². The topological polar surface area (TPSA) is 89.8 Å². The first-order valence-electron chi connectivity index (χ1n) is 9.04. The number of amides is 1. The minimum Gasteiger partial charge on any atom is -0.387 e. The van der Waals surface area contributed by atoms with Crippen molar-refractivity contribution in [3.63, 3.8) is 0 Å². The normalized spacial score (nSPS) is 27.2. The average molecular weight is 347 g/mol. The van der Waals surface area contributed by atoms with Crippen LogP contribution in [0, 0.1) is 0 Å². The number of nitrogens with one attached hydrogen (secondary N) is 2. The highest BCUT2D eigenvalue weighted by atomic mass is 16.7. The second kappa shape index (κ2) is 6.76. The molecule has 2 N–H and O–H groups in total. The Balaban J connectivity index is 1.40. The van der Waals surface area contributed by atoms with Crippen molar-refractivity contribution < 1.29 is 14.4 Å². The number of carbonyl (C=O) groups is 1. The van der Waals surface area contributed by atoms with Gasteiger partial charge in [0.1, 0.15) is 11.5 Å². The van der Waals surface area contributed by atoms with Crippen molar-refractivity contribution in [1.82, 2.24) is 15.1 Å². The first-order valence-corrected chi connectivity index (χ1v) is 9.04. The highest BCUT2D eigenvalue weighted by molar-refractivity contribution is 6.43. The minimum atomic E-state index is -0.343. The number of piperidine rings is 1. The lowest BCUT2D eigenvalue weighted by atomic mass is 9.89. The van der Waals surface area contributed by atoms with Crippen LogP contribution in [0.25, 0.3) is 0 Å². The van der Waals surface area contributed by atoms with Crippen LogP contribution in [0.4, 0.5) is 5.82 Å². The number of oxime groups is 1. The number of rotatable bonds is 3.